The fourth-order valence-electron chi connectivity index (χ4n) is 4.82. The summed E-state index contributed by atoms with van der Waals surface area (Å²) in [7, 11) is 2.07. The summed E-state index contributed by atoms with van der Waals surface area (Å²) in [6.45, 7) is 6.64. The molecular weight excluding hydrogens is 538 g/mol. The zero-order valence-electron chi connectivity index (χ0n) is 24.0. The van der Waals surface area contributed by atoms with Crippen molar-refractivity contribution in [2.75, 3.05) is 25.5 Å². The van der Waals surface area contributed by atoms with Crippen molar-refractivity contribution in [2.24, 2.45) is 0 Å². The van der Waals surface area contributed by atoms with E-state index >= 15 is 0 Å². The van der Waals surface area contributed by atoms with Crippen LogP contribution in [-0.4, -0.2) is 53.8 Å². The fourth-order valence-corrected chi connectivity index (χ4v) is 4.95. The molecule has 0 bridgehead atoms. The first-order valence-electron chi connectivity index (χ1n) is 13.9. The second-order valence-corrected chi connectivity index (χ2v) is 11.6. The maximum Gasteiger partial charge on any atom is 0.528 e. The fraction of sp³-hybridized carbons (Fsp3) is 0.333. The predicted molar refractivity (Wildman–Crippen MR) is 164 cm³/mol. The Kier molecular flexibility index (Phi) is 10.2. The van der Waals surface area contributed by atoms with Crippen LogP contribution in [0.25, 0.3) is 11.1 Å². The average Bonchev–Trinajstić information content (AvgIpc) is 2.94. The smallest absolute Gasteiger partial charge is 0.427 e. The van der Waals surface area contributed by atoms with Gasteiger partial charge in [0, 0.05) is 35.9 Å². The lowest BCUT2D eigenvalue weighted by Gasteiger charge is -2.39. The summed E-state index contributed by atoms with van der Waals surface area (Å²) < 4.78 is 5.27. The van der Waals surface area contributed by atoms with Crippen molar-refractivity contribution >= 4 is 29.4 Å². The van der Waals surface area contributed by atoms with Gasteiger partial charge in [-0.2, -0.15) is 0 Å². The summed E-state index contributed by atoms with van der Waals surface area (Å²) in [6.07, 6.45) is 4.48. The molecule has 41 heavy (non-hydrogen) atoms. The number of likely N-dealkylation sites (N-methyl/N-ethyl adjacent to an activating group) is 1. The molecular formula is C33H38ClN3O4. The molecule has 0 radical (unpaired) electrons. The molecule has 8 heteroatoms. The molecule has 1 aliphatic rings. The van der Waals surface area contributed by atoms with Crippen molar-refractivity contribution in [2.45, 2.75) is 51.3 Å². The predicted octanol–water partition coefficient (Wildman–Crippen LogP) is 7.51. The van der Waals surface area contributed by atoms with Crippen LogP contribution < -0.4 is 5.32 Å². The molecule has 0 spiro atoms. The van der Waals surface area contributed by atoms with Crippen LogP contribution in [0.2, 0.25) is 5.02 Å². The first kappa shape index (κ1) is 30.3. The highest BCUT2D eigenvalue weighted by atomic mass is 35.5. The minimum absolute atomic E-state index is 0.0995. The van der Waals surface area contributed by atoms with E-state index in [1.807, 2.05) is 93.6 Å². The Hall–Kier alpha value is -3.65. The Bertz CT molecular complexity index is 1310. The van der Waals surface area contributed by atoms with Crippen LogP contribution in [0.4, 0.5) is 10.5 Å². The van der Waals surface area contributed by atoms with E-state index < -0.39 is 11.8 Å². The molecule has 1 atom stereocenters. The second kappa shape index (κ2) is 13.8. The number of nitrogens with zero attached hydrogens (tertiary/aromatic N) is 2. The molecule has 3 aromatic rings. The molecule has 1 N–H and O–H groups in total. The van der Waals surface area contributed by atoms with Gasteiger partial charge in [0.05, 0.1) is 6.04 Å². The van der Waals surface area contributed by atoms with Crippen LogP contribution >= 0.6 is 11.6 Å². The Morgan fingerprint density at radius 3 is 2.12 bits per heavy atom. The van der Waals surface area contributed by atoms with Gasteiger partial charge >= 0.3 is 6.16 Å². The number of benzene rings is 3. The number of ether oxygens (including phenoxy) is 1. The lowest BCUT2D eigenvalue weighted by atomic mass is 9.98. The van der Waals surface area contributed by atoms with Crippen LogP contribution in [0.3, 0.4) is 0 Å². The molecule has 1 unspecified atom stereocenters. The number of hydrogen-bond donors (Lipinski definition) is 1. The summed E-state index contributed by atoms with van der Waals surface area (Å²) in [6, 6.07) is 25.7. The molecule has 3 aromatic carbocycles. The monoisotopic (exact) mass is 575 g/mol. The lowest BCUT2D eigenvalue weighted by molar-refractivity contribution is -0.157. The summed E-state index contributed by atoms with van der Waals surface area (Å²) in [5.41, 5.74) is 3.32. The minimum atomic E-state index is -0.681. The van der Waals surface area contributed by atoms with E-state index in [0.717, 1.165) is 35.2 Å². The van der Waals surface area contributed by atoms with Gasteiger partial charge < -0.3 is 14.9 Å². The Balaban J connectivity index is 1.37. The SMILES string of the molecule is CN(C1CCN(OC(=O)OC(C)(C)C)CC1)C(C=CC(=O)Nc1ccc(-c2ccc(Cl)cc2)cc1)c1ccccc1. The first-order chi connectivity index (χ1) is 19.6. The van der Waals surface area contributed by atoms with E-state index in [1.54, 1.807) is 11.1 Å². The van der Waals surface area contributed by atoms with Gasteiger partial charge in [0.25, 0.3) is 0 Å². The van der Waals surface area contributed by atoms with Crippen molar-refractivity contribution in [1.82, 2.24) is 9.96 Å². The number of carbonyl (C=O) groups excluding carboxylic acids is 2. The maximum absolute atomic E-state index is 12.9. The molecule has 1 saturated heterocycles. The number of hydroxylamine groups is 2. The summed E-state index contributed by atoms with van der Waals surface area (Å²) >= 11 is 6.00. The molecule has 1 amide bonds. The van der Waals surface area contributed by atoms with E-state index in [1.165, 1.54) is 0 Å². The number of halogens is 1. The third-order valence-electron chi connectivity index (χ3n) is 6.93. The minimum Gasteiger partial charge on any atom is -0.427 e. The third-order valence-corrected chi connectivity index (χ3v) is 7.18. The van der Waals surface area contributed by atoms with Crippen LogP contribution in [0.1, 0.15) is 45.2 Å². The molecule has 0 aromatic heterocycles. The Morgan fingerprint density at radius 1 is 0.951 bits per heavy atom. The number of hydrogen-bond acceptors (Lipinski definition) is 6. The number of amides is 1. The van der Waals surface area contributed by atoms with Crippen molar-refractivity contribution in [3.05, 3.63) is 102 Å². The third kappa shape index (κ3) is 9.18. The van der Waals surface area contributed by atoms with Gasteiger partial charge in [-0.3, -0.25) is 9.69 Å². The normalized spacial score (nSPS) is 15.6. The highest BCUT2D eigenvalue weighted by molar-refractivity contribution is 6.30. The highest BCUT2D eigenvalue weighted by Gasteiger charge is 2.29. The lowest BCUT2D eigenvalue weighted by Crippen LogP contribution is -2.45. The summed E-state index contributed by atoms with van der Waals surface area (Å²) in [5.74, 6) is -0.195. The standard InChI is InChI=1S/C33H38ClN3O4/c1-33(2,3)40-32(39)41-37-22-20-29(21-23-37)36(4)30(26-8-6-5-7-9-26)18-19-31(38)35-28-16-12-25(13-17-28)24-10-14-27(34)15-11-24/h5-19,29-30H,20-23H2,1-4H3,(H,35,38). The van der Waals surface area contributed by atoms with Crippen LogP contribution in [0.15, 0.2) is 91.0 Å². The molecule has 1 aliphatic heterocycles. The van der Waals surface area contributed by atoms with Gasteiger partial charge in [-0.1, -0.05) is 72.3 Å². The second-order valence-electron chi connectivity index (χ2n) is 11.2. The van der Waals surface area contributed by atoms with E-state index in [9.17, 15) is 9.59 Å². The highest BCUT2D eigenvalue weighted by Crippen LogP contribution is 2.28. The van der Waals surface area contributed by atoms with Crippen molar-refractivity contribution in [1.29, 1.82) is 0 Å². The Labute approximate surface area is 247 Å². The summed E-state index contributed by atoms with van der Waals surface area (Å²) in [4.78, 5) is 32.6. The molecule has 216 valence electrons. The number of carbonyl (C=O) groups is 2. The zero-order valence-corrected chi connectivity index (χ0v) is 24.8. The van der Waals surface area contributed by atoms with Gasteiger partial charge in [-0.25, -0.2) is 4.79 Å². The van der Waals surface area contributed by atoms with E-state index in [0.29, 0.717) is 18.1 Å². The largest absolute Gasteiger partial charge is 0.528 e. The van der Waals surface area contributed by atoms with Crippen molar-refractivity contribution in [3.8, 4) is 11.1 Å². The molecule has 0 aliphatic carbocycles. The summed E-state index contributed by atoms with van der Waals surface area (Å²) in [5, 5.41) is 5.32. The number of piperidine rings is 1. The van der Waals surface area contributed by atoms with Crippen molar-refractivity contribution < 1.29 is 19.2 Å². The van der Waals surface area contributed by atoms with Gasteiger partial charge in [0.1, 0.15) is 5.60 Å². The van der Waals surface area contributed by atoms with Crippen LogP contribution in [0.5, 0.6) is 0 Å². The van der Waals surface area contributed by atoms with Crippen molar-refractivity contribution in [3.63, 3.8) is 0 Å². The number of nitrogens with one attached hydrogen (secondary N) is 1. The van der Waals surface area contributed by atoms with Gasteiger partial charge in [-0.15, -0.1) is 5.06 Å². The Morgan fingerprint density at radius 2 is 1.54 bits per heavy atom. The average molecular weight is 576 g/mol. The van der Waals surface area contributed by atoms with Gasteiger partial charge in [-0.05, 0) is 81.6 Å². The van der Waals surface area contributed by atoms with Gasteiger partial charge in [0.15, 0.2) is 0 Å². The zero-order chi connectivity index (χ0) is 29.4. The van der Waals surface area contributed by atoms with Crippen LogP contribution in [-0.2, 0) is 14.4 Å². The first-order valence-corrected chi connectivity index (χ1v) is 14.2. The number of anilines is 1. The van der Waals surface area contributed by atoms with E-state index in [-0.39, 0.29) is 18.0 Å². The molecule has 7 nitrogen and oxygen atoms in total. The molecule has 1 fully saturated rings. The topological polar surface area (TPSA) is 71.1 Å². The maximum atomic E-state index is 12.9. The van der Waals surface area contributed by atoms with E-state index in [2.05, 4.69) is 29.4 Å². The van der Waals surface area contributed by atoms with Crippen LogP contribution in [0, 0.1) is 0 Å². The molecule has 0 saturated carbocycles. The van der Waals surface area contributed by atoms with Gasteiger partial charge in [0.2, 0.25) is 5.91 Å². The molecule has 1 heterocycles. The quantitative estimate of drug-likeness (QED) is 0.221. The number of rotatable bonds is 8. The van der Waals surface area contributed by atoms with E-state index in [4.69, 9.17) is 21.2 Å². The molecule has 4 rings (SSSR count).